The maximum atomic E-state index is 11.9. The minimum Gasteiger partial charge on any atom is -0.497 e. The second kappa shape index (κ2) is 5.51. The van der Waals surface area contributed by atoms with E-state index < -0.39 is 5.54 Å². The van der Waals surface area contributed by atoms with Gasteiger partial charge >= 0.3 is 0 Å². The molecule has 1 rings (SSSR count). The van der Waals surface area contributed by atoms with E-state index in [1.807, 2.05) is 13.0 Å². The number of anilines is 1. The summed E-state index contributed by atoms with van der Waals surface area (Å²) >= 11 is 3.37. The predicted molar refractivity (Wildman–Crippen MR) is 72.2 cm³/mol. The molecule has 3 N–H and O–H groups in total. The van der Waals surface area contributed by atoms with Crippen LogP contribution in [0, 0.1) is 0 Å². The summed E-state index contributed by atoms with van der Waals surface area (Å²) in [7, 11) is 1.58. The Bertz CT molecular complexity index is 419. The van der Waals surface area contributed by atoms with E-state index >= 15 is 0 Å². The Kier molecular flexibility index (Phi) is 4.54. The second-order valence-corrected chi connectivity index (χ2v) is 4.93. The molecule has 5 heteroatoms. The van der Waals surface area contributed by atoms with Crippen LogP contribution in [0.3, 0.4) is 0 Å². The standard InChI is InChI=1S/C12H17BrN2O2/c1-4-12(2,14)11(16)15-10-7-8(17-3)5-6-9(10)13/h5-7H,4,14H2,1-3H3,(H,15,16). The molecule has 0 saturated heterocycles. The van der Waals surface area contributed by atoms with E-state index in [1.54, 1.807) is 26.2 Å². The maximum absolute atomic E-state index is 11.9. The van der Waals surface area contributed by atoms with Crippen LogP contribution in [0.1, 0.15) is 20.3 Å². The molecule has 0 saturated carbocycles. The van der Waals surface area contributed by atoms with Gasteiger partial charge in [-0.05, 0) is 41.4 Å². The first-order chi connectivity index (χ1) is 7.90. The first kappa shape index (κ1) is 14.0. The van der Waals surface area contributed by atoms with Gasteiger partial charge in [-0.3, -0.25) is 4.79 Å². The van der Waals surface area contributed by atoms with Crippen molar-refractivity contribution in [2.45, 2.75) is 25.8 Å². The normalized spacial score (nSPS) is 13.9. The van der Waals surface area contributed by atoms with E-state index in [0.29, 0.717) is 17.9 Å². The van der Waals surface area contributed by atoms with Crippen LogP contribution in [0.2, 0.25) is 0 Å². The molecule has 1 aromatic rings. The maximum Gasteiger partial charge on any atom is 0.244 e. The van der Waals surface area contributed by atoms with Crippen LogP contribution in [0.4, 0.5) is 5.69 Å². The number of hydrogen-bond donors (Lipinski definition) is 2. The molecule has 1 aromatic carbocycles. The summed E-state index contributed by atoms with van der Waals surface area (Å²) in [6.07, 6.45) is 0.570. The number of methoxy groups -OCH3 is 1. The van der Waals surface area contributed by atoms with Gasteiger partial charge in [0.05, 0.1) is 18.3 Å². The number of nitrogens with one attached hydrogen (secondary N) is 1. The number of benzene rings is 1. The van der Waals surface area contributed by atoms with Crippen LogP contribution in [-0.2, 0) is 4.79 Å². The Hall–Kier alpha value is -1.07. The van der Waals surface area contributed by atoms with Crippen LogP contribution in [0.15, 0.2) is 22.7 Å². The molecule has 0 fully saturated rings. The zero-order valence-electron chi connectivity index (χ0n) is 10.2. The van der Waals surface area contributed by atoms with Crippen molar-refractivity contribution >= 4 is 27.5 Å². The van der Waals surface area contributed by atoms with Gasteiger partial charge in [-0.15, -0.1) is 0 Å². The number of rotatable bonds is 4. The molecular weight excluding hydrogens is 284 g/mol. The zero-order chi connectivity index (χ0) is 13.1. The molecule has 4 nitrogen and oxygen atoms in total. The molecule has 0 radical (unpaired) electrons. The van der Waals surface area contributed by atoms with Crippen LogP contribution < -0.4 is 15.8 Å². The van der Waals surface area contributed by atoms with Crippen molar-refractivity contribution in [3.63, 3.8) is 0 Å². The molecule has 94 valence electrons. The molecule has 1 unspecified atom stereocenters. The molecule has 0 spiro atoms. The Morgan fingerprint density at radius 3 is 2.76 bits per heavy atom. The fourth-order valence-electron chi connectivity index (χ4n) is 1.15. The van der Waals surface area contributed by atoms with Crippen molar-refractivity contribution in [2.24, 2.45) is 5.73 Å². The van der Waals surface area contributed by atoms with Crippen molar-refractivity contribution in [2.75, 3.05) is 12.4 Å². The summed E-state index contributed by atoms with van der Waals surface area (Å²) in [5, 5.41) is 2.79. The lowest BCUT2D eigenvalue weighted by molar-refractivity contribution is -0.120. The summed E-state index contributed by atoms with van der Waals surface area (Å²) in [5.74, 6) is 0.465. The SMILES string of the molecule is CCC(C)(N)C(=O)Nc1cc(OC)ccc1Br. The molecule has 0 bridgehead atoms. The van der Waals surface area contributed by atoms with Gasteiger partial charge in [0.25, 0.3) is 0 Å². The van der Waals surface area contributed by atoms with Gasteiger partial charge in [0, 0.05) is 10.5 Å². The minimum absolute atomic E-state index is 0.214. The highest BCUT2D eigenvalue weighted by molar-refractivity contribution is 9.10. The largest absolute Gasteiger partial charge is 0.497 e. The lowest BCUT2D eigenvalue weighted by atomic mass is 9.99. The molecule has 17 heavy (non-hydrogen) atoms. The fourth-order valence-corrected chi connectivity index (χ4v) is 1.50. The van der Waals surface area contributed by atoms with Gasteiger partial charge in [-0.25, -0.2) is 0 Å². The van der Waals surface area contributed by atoms with E-state index in [4.69, 9.17) is 10.5 Å². The monoisotopic (exact) mass is 300 g/mol. The molecular formula is C12H17BrN2O2. The summed E-state index contributed by atoms with van der Waals surface area (Å²) in [6, 6.07) is 5.36. The molecule has 0 heterocycles. The quantitative estimate of drug-likeness (QED) is 0.898. The van der Waals surface area contributed by atoms with Crippen LogP contribution >= 0.6 is 15.9 Å². The molecule has 1 amide bonds. The summed E-state index contributed by atoms with van der Waals surface area (Å²) in [4.78, 5) is 11.9. The number of nitrogens with two attached hydrogens (primary N) is 1. The van der Waals surface area contributed by atoms with E-state index in [2.05, 4.69) is 21.2 Å². The highest BCUT2D eigenvalue weighted by Gasteiger charge is 2.26. The smallest absolute Gasteiger partial charge is 0.244 e. The average Bonchev–Trinajstić information content (AvgIpc) is 2.31. The summed E-state index contributed by atoms with van der Waals surface area (Å²) < 4.78 is 5.89. The van der Waals surface area contributed by atoms with E-state index in [-0.39, 0.29) is 5.91 Å². The van der Waals surface area contributed by atoms with Gasteiger partial charge in [0.1, 0.15) is 5.75 Å². The minimum atomic E-state index is -0.873. The number of hydrogen-bond acceptors (Lipinski definition) is 3. The van der Waals surface area contributed by atoms with Crippen molar-refractivity contribution in [3.05, 3.63) is 22.7 Å². The van der Waals surface area contributed by atoms with Crippen molar-refractivity contribution in [1.29, 1.82) is 0 Å². The first-order valence-corrected chi connectivity index (χ1v) is 6.14. The number of ether oxygens (including phenoxy) is 1. The highest BCUT2D eigenvalue weighted by atomic mass is 79.9. The van der Waals surface area contributed by atoms with E-state index in [9.17, 15) is 4.79 Å². The number of carbonyl (C=O) groups is 1. The van der Waals surface area contributed by atoms with Gasteiger partial charge in [0.2, 0.25) is 5.91 Å². The zero-order valence-corrected chi connectivity index (χ0v) is 11.8. The van der Waals surface area contributed by atoms with Crippen molar-refractivity contribution < 1.29 is 9.53 Å². The molecule has 0 aliphatic carbocycles. The van der Waals surface area contributed by atoms with Gasteiger partial charge in [-0.2, -0.15) is 0 Å². The van der Waals surface area contributed by atoms with Crippen LogP contribution in [0.25, 0.3) is 0 Å². The number of carbonyl (C=O) groups excluding carboxylic acids is 1. The molecule has 0 aliphatic rings. The first-order valence-electron chi connectivity index (χ1n) is 5.34. The van der Waals surface area contributed by atoms with Gasteiger partial charge in [0.15, 0.2) is 0 Å². The topological polar surface area (TPSA) is 64.4 Å². The van der Waals surface area contributed by atoms with Gasteiger partial charge in [-0.1, -0.05) is 6.92 Å². The summed E-state index contributed by atoms with van der Waals surface area (Å²) in [5.41, 5.74) is 5.65. The lowest BCUT2D eigenvalue weighted by Crippen LogP contribution is -2.47. The second-order valence-electron chi connectivity index (χ2n) is 4.07. The third-order valence-electron chi connectivity index (χ3n) is 2.67. The third-order valence-corrected chi connectivity index (χ3v) is 3.37. The van der Waals surface area contributed by atoms with Crippen LogP contribution in [-0.4, -0.2) is 18.6 Å². The lowest BCUT2D eigenvalue weighted by Gasteiger charge is -2.22. The van der Waals surface area contributed by atoms with Gasteiger partial charge < -0.3 is 15.8 Å². The molecule has 0 aromatic heterocycles. The molecule has 0 aliphatic heterocycles. The predicted octanol–water partition coefficient (Wildman–Crippen LogP) is 2.52. The van der Waals surface area contributed by atoms with E-state index in [0.717, 1.165) is 4.47 Å². The number of amides is 1. The third kappa shape index (κ3) is 3.44. The Morgan fingerprint density at radius 1 is 1.59 bits per heavy atom. The Morgan fingerprint density at radius 2 is 2.24 bits per heavy atom. The van der Waals surface area contributed by atoms with E-state index in [1.165, 1.54) is 0 Å². The molecule has 1 atom stereocenters. The highest BCUT2D eigenvalue weighted by Crippen LogP contribution is 2.27. The average molecular weight is 301 g/mol. The fraction of sp³-hybridized carbons (Fsp3) is 0.417. The van der Waals surface area contributed by atoms with Crippen molar-refractivity contribution in [1.82, 2.24) is 0 Å². The Balaban J connectivity index is 2.91. The Labute approximate surface area is 110 Å². The summed E-state index contributed by atoms with van der Waals surface area (Å²) in [6.45, 7) is 3.58. The van der Waals surface area contributed by atoms with Crippen LogP contribution in [0.5, 0.6) is 5.75 Å². The number of halogens is 1. The van der Waals surface area contributed by atoms with Crippen molar-refractivity contribution in [3.8, 4) is 5.75 Å².